The molecule has 11 nitrogen and oxygen atoms in total. The smallest absolute Gasteiger partial charge is 0.190 e. The third-order valence-electron chi connectivity index (χ3n) is 6.25. The average molecular weight is 675 g/mol. The van der Waals surface area contributed by atoms with Crippen molar-refractivity contribution in [3.05, 3.63) is 0 Å². The molecule has 4 rings (SSSR count). The maximum Gasteiger partial charge on any atom is 0.190 e. The van der Waals surface area contributed by atoms with Crippen molar-refractivity contribution < 1.29 is 53.2 Å². The molecule has 4 saturated heterocycles. The molecular formula is C25H38O11S5. The van der Waals surface area contributed by atoms with Gasteiger partial charge in [0, 0.05) is 53.6 Å². The van der Waals surface area contributed by atoms with Crippen LogP contribution in [-0.4, -0.2) is 115 Å². The predicted octanol–water partition coefficient (Wildman–Crippen LogP) is -0.473. The molecule has 0 aliphatic carbocycles. The van der Waals surface area contributed by atoms with Crippen molar-refractivity contribution in [3.8, 4) is 24.7 Å². The lowest BCUT2D eigenvalue weighted by Gasteiger charge is -2.40. The molecule has 4 aliphatic rings. The second kappa shape index (κ2) is 18.6. The molecule has 234 valence electrons. The van der Waals surface area contributed by atoms with Crippen molar-refractivity contribution in [1.82, 2.24) is 0 Å². The van der Waals surface area contributed by atoms with Crippen molar-refractivity contribution in [1.29, 1.82) is 0 Å². The molecule has 16 heteroatoms. The van der Waals surface area contributed by atoms with E-state index in [1.54, 1.807) is 6.92 Å². The van der Waals surface area contributed by atoms with E-state index >= 15 is 0 Å². The Morgan fingerprint density at radius 3 is 1.93 bits per heavy atom. The van der Waals surface area contributed by atoms with Crippen LogP contribution in [0.1, 0.15) is 34.6 Å². The van der Waals surface area contributed by atoms with Gasteiger partial charge in [0.05, 0.1) is 19.3 Å². The summed E-state index contributed by atoms with van der Waals surface area (Å²) in [6.07, 6.45) is 4.54. The van der Waals surface area contributed by atoms with Gasteiger partial charge in [-0.1, -0.05) is 11.8 Å². The highest BCUT2D eigenvalue weighted by Gasteiger charge is 2.58. The summed E-state index contributed by atoms with van der Waals surface area (Å²) in [6, 6.07) is 0. The molecule has 4 aliphatic heterocycles. The molecule has 0 spiro atoms. The Morgan fingerprint density at radius 2 is 1.44 bits per heavy atom. The molecule has 0 aromatic rings. The fourth-order valence-corrected chi connectivity index (χ4v) is 4.62. The van der Waals surface area contributed by atoms with Crippen molar-refractivity contribution >= 4 is 53.6 Å². The average Bonchev–Trinajstić information content (AvgIpc) is 3.55. The molecule has 0 aromatic carbocycles. The Bertz CT molecular complexity index is 921. The van der Waals surface area contributed by atoms with E-state index in [1.807, 2.05) is 27.7 Å². The fourth-order valence-electron chi connectivity index (χ4n) is 4.62. The highest BCUT2D eigenvalue weighted by molar-refractivity contribution is 8.37. The first kappa shape index (κ1) is 38.8. The Hall–Kier alpha value is -0.220. The van der Waals surface area contributed by atoms with Gasteiger partial charge < -0.3 is 53.2 Å². The zero-order chi connectivity index (χ0) is 31.4. The second-order valence-electron chi connectivity index (χ2n) is 10.0. The van der Waals surface area contributed by atoms with Gasteiger partial charge in [-0.15, -0.1) is 12.8 Å². The summed E-state index contributed by atoms with van der Waals surface area (Å²) < 4.78 is 45.1. The summed E-state index contributed by atoms with van der Waals surface area (Å²) in [7, 11) is 0.917. The second-order valence-corrected chi connectivity index (χ2v) is 11.8. The first-order chi connectivity index (χ1) is 19.3. The van der Waals surface area contributed by atoms with E-state index in [1.165, 1.54) is 0 Å². The third kappa shape index (κ3) is 11.3. The van der Waals surface area contributed by atoms with Gasteiger partial charge in [0.15, 0.2) is 17.9 Å². The molecule has 10 atom stereocenters. The van der Waals surface area contributed by atoms with E-state index in [2.05, 4.69) is 56.6 Å². The van der Waals surface area contributed by atoms with E-state index in [0.717, 1.165) is 8.88 Å². The van der Waals surface area contributed by atoms with Crippen LogP contribution in [0, 0.1) is 24.7 Å². The number of hydrogen-bond acceptors (Lipinski definition) is 15. The van der Waals surface area contributed by atoms with Gasteiger partial charge in [0.1, 0.15) is 62.0 Å². The lowest BCUT2D eigenvalue weighted by molar-refractivity contribution is -0.235. The van der Waals surface area contributed by atoms with Crippen molar-refractivity contribution in [2.75, 3.05) is 26.4 Å². The van der Waals surface area contributed by atoms with Gasteiger partial charge >= 0.3 is 0 Å². The summed E-state index contributed by atoms with van der Waals surface area (Å²) in [6.45, 7) is 9.39. The Kier molecular flexibility index (Phi) is 17.6. The van der Waals surface area contributed by atoms with Gasteiger partial charge in [0.25, 0.3) is 0 Å². The van der Waals surface area contributed by atoms with Crippen LogP contribution < -0.4 is 0 Å². The monoisotopic (exact) mass is 674 g/mol. The standard InChI is InChI=1S/C15H22O6.C10H16O5.S3.S2/c1-6-7-16-11-10(9-8-17-14(2,3)19-9)18-13-12(11)20-15(4,5)21-13;1-3-4-14-10-8(12)6(2)15-7(5-11)9(10)13;1-3-2;1-2/h1,9-13H,7-8H2,2-5H3;1,6-13H,4-5H2,2H3;;/t9-,10-,11+,12-,13-;;;/m1.../s1. The van der Waals surface area contributed by atoms with Crippen molar-refractivity contribution in [3.63, 3.8) is 0 Å². The lowest BCUT2D eigenvalue weighted by atomic mass is 9.96. The zero-order valence-corrected chi connectivity index (χ0v) is 27.5. The van der Waals surface area contributed by atoms with Crippen LogP contribution in [0.15, 0.2) is 0 Å². The topological polar surface area (TPSA) is 135 Å². The summed E-state index contributed by atoms with van der Waals surface area (Å²) in [5.41, 5.74) is 0. The van der Waals surface area contributed by atoms with Gasteiger partial charge in [0.2, 0.25) is 0 Å². The van der Waals surface area contributed by atoms with Crippen LogP contribution in [0.3, 0.4) is 0 Å². The quantitative estimate of drug-likeness (QED) is 0.313. The van der Waals surface area contributed by atoms with E-state index in [9.17, 15) is 10.2 Å². The highest BCUT2D eigenvalue weighted by Crippen LogP contribution is 2.41. The normalized spacial score (nSPS) is 37.8. The highest BCUT2D eigenvalue weighted by atomic mass is 33.1. The summed E-state index contributed by atoms with van der Waals surface area (Å²) in [5.74, 6) is 3.42. The molecule has 0 aromatic heterocycles. The molecule has 0 saturated carbocycles. The minimum atomic E-state index is -1.07. The SMILES string of the molecule is C#CCOC1C(O)C(C)OC(CO)C1O.C#CCO[C@@H]1[C@H]2OC(C)(C)O[C@H]2O[C@@H]1[C@H]1COC(C)(C)O1.S=S.S=S=S. The largest absolute Gasteiger partial charge is 0.394 e. The maximum atomic E-state index is 9.70. The zero-order valence-electron chi connectivity index (χ0n) is 23.4. The van der Waals surface area contributed by atoms with Crippen LogP contribution in [0.5, 0.6) is 0 Å². The Labute approximate surface area is 264 Å². The van der Waals surface area contributed by atoms with Crippen molar-refractivity contribution in [2.45, 2.75) is 107 Å². The molecule has 0 amide bonds. The summed E-state index contributed by atoms with van der Waals surface area (Å²) in [4.78, 5) is 0. The predicted molar refractivity (Wildman–Crippen MR) is 161 cm³/mol. The number of ether oxygens (including phenoxy) is 8. The number of terminal acetylenes is 2. The molecule has 5 unspecified atom stereocenters. The van der Waals surface area contributed by atoms with E-state index < -0.39 is 48.4 Å². The lowest BCUT2D eigenvalue weighted by Crippen LogP contribution is -2.58. The minimum Gasteiger partial charge on any atom is -0.394 e. The van der Waals surface area contributed by atoms with Gasteiger partial charge in [-0.3, -0.25) is 0 Å². The molecule has 4 heterocycles. The minimum absolute atomic E-state index is 0.00363. The number of aliphatic hydroxyl groups excluding tert-OH is 3. The van der Waals surface area contributed by atoms with Gasteiger partial charge in [-0.05, 0) is 34.6 Å². The van der Waals surface area contributed by atoms with E-state index in [4.69, 9.17) is 55.8 Å². The molecule has 3 N–H and O–H groups in total. The third-order valence-corrected chi connectivity index (χ3v) is 6.25. The van der Waals surface area contributed by atoms with Crippen LogP contribution >= 0.6 is 0 Å². The molecule has 0 radical (unpaired) electrons. The number of hydrogen-bond donors (Lipinski definition) is 3. The van der Waals surface area contributed by atoms with Gasteiger partial charge in [-0.2, -0.15) is 0 Å². The van der Waals surface area contributed by atoms with Crippen LogP contribution in [0.4, 0.5) is 0 Å². The first-order valence-electron chi connectivity index (χ1n) is 12.5. The maximum absolute atomic E-state index is 9.70. The van der Waals surface area contributed by atoms with Crippen LogP contribution in [0.2, 0.25) is 0 Å². The number of rotatable bonds is 6. The molecule has 0 bridgehead atoms. The summed E-state index contributed by atoms with van der Waals surface area (Å²) >= 11 is 15.6. The fraction of sp³-hybridized carbons (Fsp3) is 0.840. The van der Waals surface area contributed by atoms with E-state index in [-0.39, 0.29) is 44.2 Å². The Morgan fingerprint density at radius 1 is 0.878 bits per heavy atom. The van der Waals surface area contributed by atoms with Gasteiger partial charge in [-0.25, -0.2) is 0 Å². The van der Waals surface area contributed by atoms with Crippen LogP contribution in [0.25, 0.3) is 0 Å². The Balaban J connectivity index is 0.000000370. The van der Waals surface area contributed by atoms with Crippen molar-refractivity contribution in [2.24, 2.45) is 0 Å². The number of aliphatic hydroxyl groups is 3. The number of fused-ring (bicyclic) bond motifs is 1. The first-order valence-corrected chi connectivity index (χ1v) is 16.5. The van der Waals surface area contributed by atoms with E-state index in [0.29, 0.717) is 6.61 Å². The van der Waals surface area contributed by atoms with Crippen LogP contribution in [-0.2, 0) is 91.5 Å². The molecular weight excluding hydrogens is 637 g/mol. The molecule has 4 fully saturated rings. The summed E-state index contributed by atoms with van der Waals surface area (Å²) in [5, 5.41) is 28.3. The molecule has 41 heavy (non-hydrogen) atoms.